The second-order valence-electron chi connectivity index (χ2n) is 9.99. The molecule has 2 saturated heterocycles. The molecule has 2 aliphatic heterocycles. The monoisotopic (exact) mass is 550 g/mol. The summed E-state index contributed by atoms with van der Waals surface area (Å²) in [6.07, 6.45) is -0.689. The fourth-order valence-electron chi connectivity index (χ4n) is 4.87. The molecule has 0 aromatic heterocycles. The standard InChI is InChI=1S/C33H30N2O6/c36-32-34(20-30(40-32)22-38-28-7-3-1-4-8-28)26-15-11-24(12-16-26)19-25-13-17-27(18-14-25)35-21-31(41-33(35)37)23-39-29-9-5-2-6-10-29/h1-18,30-31H,19-23H2. The van der Waals surface area contributed by atoms with Gasteiger partial charge in [-0.3, -0.25) is 9.80 Å². The normalized spacial score (nSPS) is 18.2. The van der Waals surface area contributed by atoms with E-state index >= 15 is 0 Å². The van der Waals surface area contributed by atoms with Crippen molar-refractivity contribution in [1.29, 1.82) is 0 Å². The molecule has 2 atom stereocenters. The van der Waals surface area contributed by atoms with E-state index in [2.05, 4.69) is 0 Å². The second-order valence-corrected chi connectivity index (χ2v) is 9.99. The van der Waals surface area contributed by atoms with Crippen LogP contribution in [0.2, 0.25) is 0 Å². The van der Waals surface area contributed by atoms with Crippen LogP contribution >= 0.6 is 0 Å². The van der Waals surface area contributed by atoms with E-state index in [1.54, 1.807) is 9.80 Å². The van der Waals surface area contributed by atoms with Crippen LogP contribution in [0.3, 0.4) is 0 Å². The van der Waals surface area contributed by atoms with Crippen molar-refractivity contribution in [2.24, 2.45) is 0 Å². The number of carbonyl (C=O) groups excluding carboxylic acids is 2. The highest BCUT2D eigenvalue weighted by Gasteiger charge is 2.34. The zero-order valence-corrected chi connectivity index (χ0v) is 22.4. The van der Waals surface area contributed by atoms with Gasteiger partial charge in [0.15, 0.2) is 12.2 Å². The molecule has 2 heterocycles. The Morgan fingerprint density at radius 2 is 0.951 bits per heavy atom. The number of ether oxygens (including phenoxy) is 4. The fraction of sp³-hybridized carbons (Fsp3) is 0.212. The molecule has 6 rings (SSSR count). The van der Waals surface area contributed by atoms with E-state index in [0.717, 1.165) is 40.4 Å². The predicted octanol–water partition coefficient (Wildman–Crippen LogP) is 6.09. The van der Waals surface area contributed by atoms with Gasteiger partial charge in [0, 0.05) is 11.4 Å². The lowest BCUT2D eigenvalue weighted by Gasteiger charge is -2.15. The Balaban J connectivity index is 1.00. The Morgan fingerprint density at radius 3 is 1.34 bits per heavy atom. The topological polar surface area (TPSA) is 77.5 Å². The zero-order chi connectivity index (χ0) is 28.0. The summed E-state index contributed by atoms with van der Waals surface area (Å²) in [6.45, 7) is 1.48. The maximum absolute atomic E-state index is 12.5. The van der Waals surface area contributed by atoms with Crippen LogP contribution in [-0.4, -0.2) is 50.7 Å². The van der Waals surface area contributed by atoms with Gasteiger partial charge in [-0.2, -0.15) is 0 Å². The van der Waals surface area contributed by atoms with Crippen molar-refractivity contribution in [3.8, 4) is 11.5 Å². The van der Waals surface area contributed by atoms with Crippen LogP contribution in [0.15, 0.2) is 109 Å². The molecule has 0 spiro atoms. The Bertz CT molecular complexity index is 1350. The van der Waals surface area contributed by atoms with Crippen LogP contribution < -0.4 is 19.3 Å². The summed E-state index contributed by atoms with van der Waals surface area (Å²) in [4.78, 5) is 28.2. The van der Waals surface area contributed by atoms with Gasteiger partial charge in [0.25, 0.3) is 0 Å². The maximum Gasteiger partial charge on any atom is 0.414 e. The lowest BCUT2D eigenvalue weighted by Crippen LogP contribution is -2.26. The quantitative estimate of drug-likeness (QED) is 0.238. The van der Waals surface area contributed by atoms with Gasteiger partial charge in [0.2, 0.25) is 0 Å². The van der Waals surface area contributed by atoms with Crippen LogP contribution in [0.4, 0.5) is 21.0 Å². The molecular formula is C33H30N2O6. The molecule has 4 aromatic rings. The summed E-state index contributed by atoms with van der Waals surface area (Å²) in [6, 6.07) is 34.8. The van der Waals surface area contributed by atoms with Gasteiger partial charge in [-0.1, -0.05) is 60.7 Å². The van der Waals surface area contributed by atoms with E-state index < -0.39 is 0 Å². The molecule has 41 heavy (non-hydrogen) atoms. The van der Waals surface area contributed by atoms with Gasteiger partial charge in [0.1, 0.15) is 24.7 Å². The molecule has 2 fully saturated rings. The highest BCUT2D eigenvalue weighted by Crippen LogP contribution is 2.26. The van der Waals surface area contributed by atoms with E-state index in [4.69, 9.17) is 18.9 Å². The maximum atomic E-state index is 12.5. The Kier molecular flexibility index (Phi) is 7.71. The number of cyclic esters (lactones) is 2. The largest absolute Gasteiger partial charge is 0.490 e. The highest BCUT2D eigenvalue weighted by molar-refractivity contribution is 5.90. The molecule has 0 bridgehead atoms. The number of para-hydroxylation sites is 2. The molecule has 4 aromatic carbocycles. The molecule has 2 aliphatic rings. The van der Waals surface area contributed by atoms with Crippen LogP contribution in [-0.2, 0) is 15.9 Å². The number of hydrogen-bond acceptors (Lipinski definition) is 6. The van der Waals surface area contributed by atoms with Crippen LogP contribution in [0, 0.1) is 0 Å². The first-order valence-corrected chi connectivity index (χ1v) is 13.6. The molecule has 2 unspecified atom stereocenters. The summed E-state index contributed by atoms with van der Waals surface area (Å²) < 4.78 is 22.5. The molecule has 0 N–H and O–H groups in total. The summed E-state index contributed by atoms with van der Waals surface area (Å²) in [5.41, 5.74) is 3.79. The van der Waals surface area contributed by atoms with Crippen molar-refractivity contribution in [3.05, 3.63) is 120 Å². The Hall–Kier alpha value is -4.98. The molecule has 0 saturated carbocycles. The lowest BCUT2D eigenvalue weighted by atomic mass is 10.0. The van der Waals surface area contributed by atoms with Gasteiger partial charge in [0.05, 0.1) is 13.1 Å². The first-order valence-electron chi connectivity index (χ1n) is 13.6. The van der Waals surface area contributed by atoms with Gasteiger partial charge in [-0.15, -0.1) is 0 Å². The molecule has 0 aliphatic carbocycles. The van der Waals surface area contributed by atoms with Crippen molar-refractivity contribution in [3.63, 3.8) is 0 Å². The van der Waals surface area contributed by atoms with Crippen molar-refractivity contribution >= 4 is 23.6 Å². The molecule has 208 valence electrons. The van der Waals surface area contributed by atoms with E-state index in [-0.39, 0.29) is 24.4 Å². The minimum absolute atomic E-state index is 0.303. The highest BCUT2D eigenvalue weighted by atomic mass is 16.6. The van der Waals surface area contributed by atoms with Crippen molar-refractivity contribution in [1.82, 2.24) is 0 Å². The molecular weight excluding hydrogens is 520 g/mol. The number of nitrogens with zero attached hydrogens (tertiary/aromatic N) is 2. The SMILES string of the molecule is O=C1OC(COc2ccccc2)CN1c1ccc(Cc2ccc(N3CC(COc4ccccc4)OC3=O)cc2)cc1. The van der Waals surface area contributed by atoms with Gasteiger partial charge < -0.3 is 18.9 Å². The number of carbonyl (C=O) groups is 2. The third kappa shape index (κ3) is 6.44. The van der Waals surface area contributed by atoms with Crippen molar-refractivity contribution in [2.75, 3.05) is 36.1 Å². The third-order valence-corrected chi connectivity index (χ3v) is 7.01. The number of rotatable bonds is 10. The summed E-state index contributed by atoms with van der Waals surface area (Å²) in [5, 5.41) is 0. The number of hydrogen-bond donors (Lipinski definition) is 0. The summed E-state index contributed by atoms with van der Waals surface area (Å²) >= 11 is 0. The first-order chi connectivity index (χ1) is 20.1. The number of benzene rings is 4. The zero-order valence-electron chi connectivity index (χ0n) is 22.4. The van der Waals surface area contributed by atoms with E-state index in [1.807, 2.05) is 109 Å². The smallest absolute Gasteiger partial charge is 0.414 e. The Morgan fingerprint density at radius 1 is 0.561 bits per heavy atom. The molecule has 8 nitrogen and oxygen atoms in total. The van der Waals surface area contributed by atoms with Crippen LogP contribution in [0.25, 0.3) is 0 Å². The average Bonchev–Trinajstić information content (AvgIpc) is 3.58. The van der Waals surface area contributed by atoms with Gasteiger partial charge >= 0.3 is 12.2 Å². The van der Waals surface area contributed by atoms with Crippen LogP contribution in [0.5, 0.6) is 11.5 Å². The number of anilines is 2. The van der Waals surface area contributed by atoms with E-state index in [1.165, 1.54) is 0 Å². The number of amides is 2. The van der Waals surface area contributed by atoms with Gasteiger partial charge in [-0.05, 0) is 66.1 Å². The summed E-state index contributed by atoms with van der Waals surface area (Å²) in [5.74, 6) is 1.50. The third-order valence-electron chi connectivity index (χ3n) is 7.01. The lowest BCUT2D eigenvalue weighted by molar-refractivity contribution is 0.104. The minimum Gasteiger partial charge on any atom is -0.490 e. The molecule has 8 heteroatoms. The van der Waals surface area contributed by atoms with E-state index in [0.29, 0.717) is 26.3 Å². The second kappa shape index (κ2) is 12.0. The first kappa shape index (κ1) is 26.3. The fourth-order valence-corrected chi connectivity index (χ4v) is 4.87. The molecule has 2 amide bonds. The summed E-state index contributed by atoms with van der Waals surface area (Å²) in [7, 11) is 0. The minimum atomic E-state index is -0.371. The van der Waals surface area contributed by atoms with Crippen LogP contribution in [0.1, 0.15) is 11.1 Å². The van der Waals surface area contributed by atoms with E-state index in [9.17, 15) is 9.59 Å². The van der Waals surface area contributed by atoms with Gasteiger partial charge in [-0.25, -0.2) is 9.59 Å². The average molecular weight is 551 g/mol. The predicted molar refractivity (Wildman–Crippen MR) is 155 cm³/mol. The Labute approximate surface area is 238 Å². The van der Waals surface area contributed by atoms with Crippen molar-refractivity contribution < 1.29 is 28.5 Å². The van der Waals surface area contributed by atoms with Crippen molar-refractivity contribution in [2.45, 2.75) is 18.6 Å². The molecule has 0 radical (unpaired) electrons.